The van der Waals surface area contributed by atoms with E-state index in [0.29, 0.717) is 13.1 Å². The van der Waals surface area contributed by atoms with Gasteiger partial charge in [0, 0.05) is 32.0 Å². The van der Waals surface area contributed by atoms with E-state index in [4.69, 9.17) is 4.74 Å². The van der Waals surface area contributed by atoms with Crippen LogP contribution < -0.4 is 4.74 Å². The molecule has 6 heteroatoms. The van der Waals surface area contributed by atoms with Crippen LogP contribution in [0.15, 0.2) is 48.5 Å². The molecule has 1 saturated heterocycles. The van der Waals surface area contributed by atoms with Crippen LogP contribution in [0.2, 0.25) is 0 Å². The van der Waals surface area contributed by atoms with Crippen molar-refractivity contribution < 1.29 is 14.5 Å². The van der Waals surface area contributed by atoms with Crippen LogP contribution in [0, 0.1) is 10.1 Å². The molecule has 2 aromatic rings. The number of hydrogen-bond acceptors (Lipinski definition) is 4. The predicted octanol–water partition coefficient (Wildman–Crippen LogP) is 3.59. The van der Waals surface area contributed by atoms with Crippen molar-refractivity contribution in [3.63, 3.8) is 0 Å². The second kappa shape index (κ2) is 6.44. The van der Waals surface area contributed by atoms with Gasteiger partial charge in [0.05, 0.1) is 4.92 Å². The number of nitrogens with zero attached hydrogens (tertiary/aromatic N) is 2. The van der Waals surface area contributed by atoms with Gasteiger partial charge in [-0.05, 0) is 30.5 Å². The maximum absolute atomic E-state index is 12.8. The number of piperidine rings is 1. The first kappa shape index (κ1) is 16.6. The molecule has 0 N–H and O–H groups in total. The molecule has 2 aromatic carbocycles. The number of nitro benzene ring substituents is 1. The van der Waals surface area contributed by atoms with Crippen LogP contribution in [0.5, 0.6) is 5.75 Å². The molecule has 0 atom stereocenters. The molecule has 4 rings (SSSR count). The Morgan fingerprint density at radius 3 is 2.50 bits per heavy atom. The minimum absolute atomic E-state index is 0.138. The van der Waals surface area contributed by atoms with Crippen molar-refractivity contribution in [2.75, 3.05) is 13.1 Å². The molecule has 0 bridgehead atoms. The van der Waals surface area contributed by atoms with Crippen molar-refractivity contribution >= 4 is 11.6 Å². The number of ether oxygens (including phenoxy) is 1. The first-order chi connectivity index (χ1) is 12.6. The van der Waals surface area contributed by atoms with E-state index in [0.717, 1.165) is 31.4 Å². The van der Waals surface area contributed by atoms with Crippen molar-refractivity contribution in [1.82, 2.24) is 4.90 Å². The summed E-state index contributed by atoms with van der Waals surface area (Å²) < 4.78 is 6.31. The lowest BCUT2D eigenvalue weighted by atomic mass is 9.83. The topological polar surface area (TPSA) is 72.7 Å². The van der Waals surface area contributed by atoms with Gasteiger partial charge in [-0.25, -0.2) is 0 Å². The van der Waals surface area contributed by atoms with Crippen molar-refractivity contribution in [2.45, 2.75) is 31.3 Å². The van der Waals surface area contributed by atoms with E-state index in [2.05, 4.69) is 6.07 Å². The lowest BCUT2D eigenvalue weighted by Gasteiger charge is -2.44. The smallest absolute Gasteiger partial charge is 0.282 e. The maximum atomic E-state index is 12.8. The van der Waals surface area contributed by atoms with Crippen LogP contribution in [0.3, 0.4) is 0 Å². The number of rotatable bonds is 2. The van der Waals surface area contributed by atoms with E-state index < -0.39 is 4.92 Å². The first-order valence-corrected chi connectivity index (χ1v) is 8.88. The summed E-state index contributed by atoms with van der Waals surface area (Å²) >= 11 is 0. The van der Waals surface area contributed by atoms with Gasteiger partial charge in [0.1, 0.15) is 16.9 Å². The molecule has 0 radical (unpaired) electrons. The average Bonchev–Trinajstić information content (AvgIpc) is 2.68. The number of fused-ring (bicyclic) bond motifs is 1. The van der Waals surface area contributed by atoms with Crippen LogP contribution in [0.25, 0.3) is 0 Å². The Hall–Kier alpha value is -2.89. The van der Waals surface area contributed by atoms with Crippen molar-refractivity contribution in [3.8, 4) is 5.75 Å². The summed E-state index contributed by atoms with van der Waals surface area (Å²) in [4.78, 5) is 25.2. The second-order valence-electron chi connectivity index (χ2n) is 6.96. The normalized spacial score (nSPS) is 18.1. The fourth-order valence-electron chi connectivity index (χ4n) is 3.91. The minimum atomic E-state index is -0.500. The summed E-state index contributed by atoms with van der Waals surface area (Å²) in [7, 11) is 0. The highest BCUT2D eigenvalue weighted by Crippen LogP contribution is 2.39. The Labute approximate surface area is 151 Å². The largest absolute Gasteiger partial charge is 0.487 e. The Bertz CT molecular complexity index is 856. The molecule has 2 aliphatic heterocycles. The lowest BCUT2D eigenvalue weighted by Crippen LogP contribution is -2.51. The Morgan fingerprint density at radius 2 is 1.73 bits per heavy atom. The van der Waals surface area contributed by atoms with Crippen molar-refractivity contribution in [3.05, 3.63) is 69.8 Å². The molecule has 2 aliphatic rings. The summed E-state index contributed by atoms with van der Waals surface area (Å²) in [5.74, 6) is 0.667. The number of carbonyl (C=O) groups is 1. The van der Waals surface area contributed by atoms with Crippen LogP contribution in [-0.4, -0.2) is 34.4 Å². The molecule has 26 heavy (non-hydrogen) atoms. The third kappa shape index (κ3) is 2.92. The zero-order valence-electron chi connectivity index (χ0n) is 14.4. The highest BCUT2D eigenvalue weighted by atomic mass is 16.6. The molecular formula is C20H20N2O4. The van der Waals surface area contributed by atoms with E-state index >= 15 is 0 Å². The number of carbonyl (C=O) groups excluding carboxylic acids is 1. The fraction of sp³-hybridized carbons (Fsp3) is 0.350. The fourth-order valence-corrected chi connectivity index (χ4v) is 3.91. The van der Waals surface area contributed by atoms with Gasteiger partial charge in [-0.15, -0.1) is 0 Å². The summed E-state index contributed by atoms with van der Waals surface area (Å²) in [6.07, 6.45) is 3.41. The standard InChI is InChI=1S/C20H20N2O4/c23-19(16-6-2-3-7-17(16)22(24)25)21-13-11-20(12-14-21)10-9-15-5-1-4-8-18(15)26-20/h1-8H,9-14H2. The Morgan fingerprint density at radius 1 is 1.04 bits per heavy atom. The van der Waals surface area contributed by atoms with Crippen LogP contribution in [-0.2, 0) is 6.42 Å². The van der Waals surface area contributed by atoms with Crippen LogP contribution in [0.4, 0.5) is 5.69 Å². The molecule has 134 valence electrons. The van der Waals surface area contributed by atoms with E-state index in [1.807, 2.05) is 18.2 Å². The van der Waals surface area contributed by atoms with E-state index in [9.17, 15) is 14.9 Å². The van der Waals surface area contributed by atoms with Crippen molar-refractivity contribution in [2.24, 2.45) is 0 Å². The number of benzene rings is 2. The number of aryl methyl sites for hydroxylation is 1. The van der Waals surface area contributed by atoms with E-state index in [1.165, 1.54) is 17.7 Å². The Kier molecular flexibility index (Phi) is 4.11. The molecule has 2 heterocycles. The van der Waals surface area contributed by atoms with Crippen LogP contribution >= 0.6 is 0 Å². The quantitative estimate of drug-likeness (QED) is 0.611. The molecule has 0 unspecified atom stereocenters. The number of hydrogen-bond donors (Lipinski definition) is 0. The average molecular weight is 352 g/mol. The lowest BCUT2D eigenvalue weighted by molar-refractivity contribution is -0.385. The highest BCUT2D eigenvalue weighted by molar-refractivity contribution is 5.98. The monoisotopic (exact) mass is 352 g/mol. The van der Waals surface area contributed by atoms with E-state index in [-0.39, 0.29) is 22.8 Å². The van der Waals surface area contributed by atoms with Gasteiger partial charge in [-0.1, -0.05) is 30.3 Å². The molecule has 0 aliphatic carbocycles. The SMILES string of the molecule is O=C(c1ccccc1[N+](=O)[O-])N1CCC2(CCc3ccccc3O2)CC1. The molecular weight excluding hydrogens is 332 g/mol. The van der Waals surface area contributed by atoms with Crippen LogP contribution in [0.1, 0.15) is 35.2 Å². The predicted molar refractivity (Wildman–Crippen MR) is 96.4 cm³/mol. The summed E-state index contributed by atoms with van der Waals surface area (Å²) in [5, 5.41) is 11.2. The van der Waals surface area contributed by atoms with Gasteiger partial charge in [-0.2, -0.15) is 0 Å². The summed E-state index contributed by atoms with van der Waals surface area (Å²) in [6.45, 7) is 1.10. The van der Waals surface area contributed by atoms with Gasteiger partial charge < -0.3 is 9.64 Å². The molecule has 1 fully saturated rings. The third-order valence-electron chi connectivity index (χ3n) is 5.44. The number of nitro groups is 1. The molecule has 1 spiro atoms. The van der Waals surface area contributed by atoms with Gasteiger partial charge in [0.25, 0.3) is 11.6 Å². The zero-order valence-corrected chi connectivity index (χ0v) is 14.4. The zero-order chi connectivity index (χ0) is 18.1. The van der Waals surface area contributed by atoms with E-state index in [1.54, 1.807) is 17.0 Å². The molecule has 0 aromatic heterocycles. The summed E-state index contributed by atoms with van der Waals surface area (Å²) in [6, 6.07) is 14.2. The Balaban J connectivity index is 1.48. The minimum Gasteiger partial charge on any atom is -0.487 e. The number of amides is 1. The number of para-hydroxylation sites is 2. The molecule has 6 nitrogen and oxygen atoms in total. The van der Waals surface area contributed by atoms with Gasteiger partial charge in [0.2, 0.25) is 0 Å². The number of likely N-dealkylation sites (tertiary alicyclic amines) is 1. The second-order valence-corrected chi connectivity index (χ2v) is 6.96. The van der Waals surface area contributed by atoms with Crippen molar-refractivity contribution in [1.29, 1.82) is 0 Å². The first-order valence-electron chi connectivity index (χ1n) is 8.88. The highest BCUT2D eigenvalue weighted by Gasteiger charge is 2.41. The van der Waals surface area contributed by atoms with Gasteiger partial charge in [0.15, 0.2) is 0 Å². The maximum Gasteiger partial charge on any atom is 0.282 e. The molecule has 1 amide bonds. The molecule has 0 saturated carbocycles. The van der Waals surface area contributed by atoms with Gasteiger partial charge in [-0.3, -0.25) is 14.9 Å². The summed E-state index contributed by atoms with van der Waals surface area (Å²) in [5.41, 5.74) is 1.02. The third-order valence-corrected chi connectivity index (χ3v) is 5.44. The van der Waals surface area contributed by atoms with Gasteiger partial charge >= 0.3 is 0 Å².